The van der Waals surface area contributed by atoms with E-state index in [-0.39, 0.29) is 0 Å². The lowest BCUT2D eigenvalue weighted by atomic mass is 9.50. The first kappa shape index (κ1) is 14.6. The molecule has 0 amide bonds. The third-order valence-electron chi connectivity index (χ3n) is 7.04. The minimum atomic E-state index is 0.454. The van der Waals surface area contributed by atoms with Crippen LogP contribution in [-0.4, -0.2) is 5.11 Å². The largest absolute Gasteiger partial charge is 0.507 e. The number of phenols is 1. The highest BCUT2D eigenvalue weighted by Gasteiger charge is 2.49. The van der Waals surface area contributed by atoms with E-state index in [0.717, 1.165) is 30.1 Å². The van der Waals surface area contributed by atoms with Gasteiger partial charge in [0.05, 0.1) is 0 Å². The van der Waals surface area contributed by atoms with Crippen LogP contribution in [0.1, 0.15) is 80.9 Å². The Hall–Kier alpha value is -0.980. The fourth-order valence-electron chi connectivity index (χ4n) is 6.12. The highest BCUT2D eigenvalue weighted by Crippen LogP contribution is 2.61. The normalized spacial score (nSPS) is 37.5. The van der Waals surface area contributed by atoms with E-state index in [2.05, 4.69) is 32.9 Å². The van der Waals surface area contributed by atoms with E-state index in [1.165, 1.54) is 48.8 Å². The first-order chi connectivity index (χ1) is 10.6. The second kappa shape index (κ2) is 5.28. The average molecular weight is 298 g/mol. The third kappa shape index (κ3) is 2.20. The van der Waals surface area contributed by atoms with E-state index in [1.807, 2.05) is 0 Å². The van der Waals surface area contributed by atoms with Crippen LogP contribution in [0.15, 0.2) is 12.1 Å². The molecule has 0 aromatic heterocycles. The van der Waals surface area contributed by atoms with Gasteiger partial charge in [-0.15, -0.1) is 0 Å². The molecular formula is C21H30O. The summed E-state index contributed by atoms with van der Waals surface area (Å²) in [6, 6.07) is 4.51. The van der Waals surface area contributed by atoms with Crippen molar-refractivity contribution in [2.75, 3.05) is 0 Å². The predicted octanol–water partition coefficient (Wildman–Crippen LogP) is 5.75. The molecule has 4 saturated carbocycles. The molecule has 1 aromatic rings. The zero-order valence-electron chi connectivity index (χ0n) is 14.3. The van der Waals surface area contributed by atoms with Crippen molar-refractivity contribution in [2.24, 2.45) is 23.7 Å². The highest BCUT2D eigenvalue weighted by molar-refractivity contribution is 5.48. The second-order valence-electron chi connectivity index (χ2n) is 8.56. The van der Waals surface area contributed by atoms with Gasteiger partial charge in [-0.3, -0.25) is 0 Å². The van der Waals surface area contributed by atoms with Crippen LogP contribution >= 0.6 is 0 Å². The summed E-state index contributed by atoms with van der Waals surface area (Å²) in [5.74, 6) is 5.41. The van der Waals surface area contributed by atoms with Crippen molar-refractivity contribution in [3.8, 4) is 5.75 Å². The minimum Gasteiger partial charge on any atom is -0.507 e. The van der Waals surface area contributed by atoms with Gasteiger partial charge in [-0.25, -0.2) is 0 Å². The lowest BCUT2D eigenvalue weighted by Gasteiger charge is -2.54. The Morgan fingerprint density at radius 2 is 1.64 bits per heavy atom. The molecule has 0 saturated heterocycles. The summed E-state index contributed by atoms with van der Waals surface area (Å²) in [6.07, 6.45) is 8.27. The van der Waals surface area contributed by atoms with Crippen molar-refractivity contribution in [3.05, 3.63) is 28.8 Å². The van der Waals surface area contributed by atoms with Crippen LogP contribution in [0, 0.1) is 30.6 Å². The molecule has 1 nitrogen and oxygen atoms in total. The van der Waals surface area contributed by atoms with E-state index < -0.39 is 0 Å². The first-order valence-electron chi connectivity index (χ1n) is 9.40. The van der Waals surface area contributed by atoms with Crippen molar-refractivity contribution in [2.45, 2.75) is 71.1 Å². The van der Waals surface area contributed by atoms with Crippen molar-refractivity contribution < 1.29 is 5.11 Å². The maximum absolute atomic E-state index is 11.0. The van der Waals surface area contributed by atoms with Crippen LogP contribution in [0.3, 0.4) is 0 Å². The fraction of sp³-hybridized carbons (Fsp3) is 0.714. The number of hydrogen-bond donors (Lipinski definition) is 1. The number of aryl methyl sites for hydroxylation is 1. The maximum Gasteiger partial charge on any atom is 0.122 e. The molecule has 0 heterocycles. The van der Waals surface area contributed by atoms with Gasteiger partial charge in [0.2, 0.25) is 0 Å². The molecule has 22 heavy (non-hydrogen) atoms. The van der Waals surface area contributed by atoms with Crippen LogP contribution in [-0.2, 0) is 0 Å². The summed E-state index contributed by atoms with van der Waals surface area (Å²) >= 11 is 0. The molecule has 4 fully saturated rings. The Morgan fingerprint density at radius 3 is 2.18 bits per heavy atom. The van der Waals surface area contributed by atoms with Gasteiger partial charge >= 0.3 is 0 Å². The van der Waals surface area contributed by atoms with Gasteiger partial charge in [0.1, 0.15) is 5.75 Å². The summed E-state index contributed by atoms with van der Waals surface area (Å²) in [5.41, 5.74) is 3.81. The lowest BCUT2D eigenvalue weighted by Crippen LogP contribution is -2.43. The average Bonchev–Trinajstić information content (AvgIpc) is 2.48. The van der Waals surface area contributed by atoms with Gasteiger partial charge in [0.15, 0.2) is 0 Å². The van der Waals surface area contributed by atoms with E-state index >= 15 is 0 Å². The molecule has 1 N–H and O–H groups in total. The summed E-state index contributed by atoms with van der Waals surface area (Å²) in [6.45, 7) is 6.66. The zero-order valence-corrected chi connectivity index (χ0v) is 14.3. The van der Waals surface area contributed by atoms with Crippen molar-refractivity contribution in [1.29, 1.82) is 0 Å². The van der Waals surface area contributed by atoms with E-state index in [4.69, 9.17) is 0 Å². The number of aromatic hydroxyl groups is 1. The summed E-state index contributed by atoms with van der Waals surface area (Å²) in [5, 5.41) is 11.0. The topological polar surface area (TPSA) is 20.2 Å². The zero-order chi connectivity index (χ0) is 15.4. The SMILES string of the molecule is CCC(C)c1cc(C)cc(C2C3CC4CC(C3)CC2C4)c1O. The summed E-state index contributed by atoms with van der Waals surface area (Å²) in [7, 11) is 0. The molecule has 0 aliphatic heterocycles. The predicted molar refractivity (Wildman–Crippen MR) is 91.3 cm³/mol. The van der Waals surface area contributed by atoms with Gasteiger partial charge in [0, 0.05) is 0 Å². The Balaban J connectivity index is 1.75. The quantitative estimate of drug-likeness (QED) is 0.753. The Kier molecular flexibility index (Phi) is 3.51. The monoisotopic (exact) mass is 298 g/mol. The molecule has 1 aromatic carbocycles. The van der Waals surface area contributed by atoms with Crippen molar-refractivity contribution >= 4 is 0 Å². The fourth-order valence-corrected chi connectivity index (χ4v) is 6.12. The molecule has 1 atom stereocenters. The van der Waals surface area contributed by atoms with E-state index in [0.29, 0.717) is 17.6 Å². The van der Waals surface area contributed by atoms with Crippen LogP contribution in [0.5, 0.6) is 5.75 Å². The molecule has 1 heteroatoms. The molecule has 5 rings (SSSR count). The highest BCUT2D eigenvalue weighted by atomic mass is 16.3. The van der Waals surface area contributed by atoms with Gasteiger partial charge in [-0.05, 0) is 92.1 Å². The Bertz CT molecular complexity index is 546. The number of hydrogen-bond acceptors (Lipinski definition) is 1. The second-order valence-corrected chi connectivity index (χ2v) is 8.56. The maximum atomic E-state index is 11.0. The van der Waals surface area contributed by atoms with Crippen LogP contribution in [0.2, 0.25) is 0 Å². The number of rotatable bonds is 3. The van der Waals surface area contributed by atoms with E-state index in [9.17, 15) is 5.11 Å². The Labute approximate surface area is 135 Å². The standard InChI is InChI=1S/C21H30O/c1-4-13(3)18-5-12(2)6-19(21(18)22)20-16-8-14-7-15(10-16)11-17(20)9-14/h5-6,13-17,20,22H,4,7-11H2,1-3H3. The molecule has 120 valence electrons. The molecule has 1 unspecified atom stereocenters. The number of phenolic OH excluding ortho intramolecular Hbond substituents is 1. The van der Waals surface area contributed by atoms with Gasteiger partial charge in [-0.2, -0.15) is 0 Å². The summed E-state index contributed by atoms with van der Waals surface area (Å²) in [4.78, 5) is 0. The van der Waals surface area contributed by atoms with Gasteiger partial charge < -0.3 is 5.11 Å². The van der Waals surface area contributed by atoms with Crippen LogP contribution < -0.4 is 0 Å². The molecule has 4 aliphatic carbocycles. The number of benzene rings is 1. The van der Waals surface area contributed by atoms with Crippen molar-refractivity contribution in [3.63, 3.8) is 0 Å². The lowest BCUT2D eigenvalue weighted by molar-refractivity contribution is -0.00353. The van der Waals surface area contributed by atoms with E-state index in [1.54, 1.807) is 0 Å². The Morgan fingerprint density at radius 1 is 1.05 bits per heavy atom. The molecule has 4 aliphatic rings. The van der Waals surface area contributed by atoms with Gasteiger partial charge in [0.25, 0.3) is 0 Å². The summed E-state index contributed by atoms with van der Waals surface area (Å²) < 4.78 is 0. The minimum absolute atomic E-state index is 0.454. The molecule has 4 bridgehead atoms. The van der Waals surface area contributed by atoms with Crippen molar-refractivity contribution in [1.82, 2.24) is 0 Å². The first-order valence-corrected chi connectivity index (χ1v) is 9.40. The van der Waals surface area contributed by atoms with Gasteiger partial charge in [-0.1, -0.05) is 31.5 Å². The third-order valence-corrected chi connectivity index (χ3v) is 7.04. The van der Waals surface area contributed by atoms with Crippen LogP contribution in [0.4, 0.5) is 0 Å². The smallest absolute Gasteiger partial charge is 0.122 e. The molecule has 0 spiro atoms. The molecule has 0 radical (unpaired) electrons. The van der Waals surface area contributed by atoms with Crippen LogP contribution in [0.25, 0.3) is 0 Å². The molecular weight excluding hydrogens is 268 g/mol.